The first-order valence-corrected chi connectivity index (χ1v) is 11.7. The molecule has 0 heterocycles. The summed E-state index contributed by atoms with van der Waals surface area (Å²) in [6.45, 7) is 0.137. The number of anilines is 4. The van der Waals surface area contributed by atoms with E-state index in [0.29, 0.717) is 0 Å². The molecular weight excluding hydrogens is 524 g/mol. The molecule has 18 heteroatoms. The van der Waals surface area contributed by atoms with Gasteiger partial charge in [-0.1, -0.05) is 0 Å². The van der Waals surface area contributed by atoms with E-state index < -0.39 is 22.3 Å². The third-order valence-electron chi connectivity index (χ3n) is 4.22. The number of carbonyl (C=O) groups is 2. The number of nitrogens with zero attached hydrogens (tertiary/aromatic N) is 4. The molecule has 6 N–H and O–H groups in total. The largest absolute Gasteiger partial charge is 0.769 e. The fourth-order valence-corrected chi connectivity index (χ4v) is 4.27. The quantitative estimate of drug-likeness (QED) is 0.119. The van der Waals surface area contributed by atoms with Crippen LogP contribution in [0.3, 0.4) is 0 Å². The maximum Gasteiger partial charge on any atom is 0.230 e. The van der Waals surface area contributed by atoms with Crippen LogP contribution < -0.4 is 31.5 Å². The number of hydrogen-bond acceptors (Lipinski definition) is 16. The lowest BCUT2D eigenvalue weighted by Crippen LogP contribution is -2.36. The molecule has 0 unspecified atom stereocenters. The van der Waals surface area contributed by atoms with Crippen molar-refractivity contribution in [2.24, 2.45) is 0 Å². The van der Waals surface area contributed by atoms with Gasteiger partial charge in [0, 0.05) is 34.3 Å². The highest BCUT2D eigenvalue weighted by molar-refractivity contribution is 8.00. The third-order valence-corrected chi connectivity index (χ3v) is 6.35. The van der Waals surface area contributed by atoms with Crippen LogP contribution in [-0.2, 0) is 9.59 Å². The zero-order chi connectivity index (χ0) is 26.8. The number of nitrogens with one attached hydrogen (secondary N) is 2. The van der Waals surface area contributed by atoms with Crippen molar-refractivity contribution in [1.29, 1.82) is 0 Å². The fraction of sp³-hybridized carbons (Fsp3) is 0.222. The molecule has 16 nitrogen and oxygen atoms in total. The Bertz CT molecular complexity index is 962. The van der Waals surface area contributed by atoms with Crippen LogP contribution in [0.15, 0.2) is 46.2 Å². The zero-order valence-corrected chi connectivity index (χ0v) is 19.8. The van der Waals surface area contributed by atoms with E-state index in [-0.39, 0.29) is 67.6 Å². The molecule has 0 saturated carbocycles. The zero-order valence-electron chi connectivity index (χ0n) is 18.1. The van der Waals surface area contributed by atoms with Crippen molar-refractivity contribution in [2.45, 2.75) is 9.79 Å². The van der Waals surface area contributed by atoms with Gasteiger partial charge in [0.15, 0.2) is 0 Å². The minimum absolute atomic E-state index is 0.0683. The Balaban J connectivity index is 1.75. The second-order valence-corrected chi connectivity index (χ2v) is 8.71. The Morgan fingerprint density at radius 3 is 1.36 bits per heavy atom. The van der Waals surface area contributed by atoms with Crippen molar-refractivity contribution >= 4 is 58.1 Å². The van der Waals surface area contributed by atoms with Crippen LogP contribution in [0.2, 0.25) is 0 Å². The van der Waals surface area contributed by atoms with Crippen LogP contribution in [0.5, 0.6) is 0 Å². The third kappa shape index (κ3) is 8.87. The molecule has 2 rings (SSSR count). The van der Waals surface area contributed by atoms with E-state index in [0.717, 1.165) is 47.8 Å². The van der Waals surface area contributed by atoms with Gasteiger partial charge in [0.25, 0.3) is 0 Å². The van der Waals surface area contributed by atoms with Crippen LogP contribution >= 0.6 is 23.5 Å². The van der Waals surface area contributed by atoms with E-state index in [1.807, 2.05) is 0 Å². The van der Waals surface area contributed by atoms with Crippen molar-refractivity contribution in [2.75, 3.05) is 45.5 Å². The van der Waals surface area contributed by atoms with E-state index >= 15 is 0 Å². The van der Waals surface area contributed by atoms with Crippen LogP contribution in [0.25, 0.3) is 0 Å². The lowest BCUT2D eigenvalue weighted by Gasteiger charge is -2.38. The van der Waals surface area contributed by atoms with Gasteiger partial charge in [0.05, 0.1) is 11.5 Å². The number of hydrogen-bond donors (Lipinski definition) is 6. The summed E-state index contributed by atoms with van der Waals surface area (Å²) in [5, 5.41) is 83.4. The minimum atomic E-state index is -0.709. The maximum absolute atomic E-state index is 12.0. The summed E-state index contributed by atoms with van der Waals surface area (Å²) in [7, 11) is 0. The van der Waals surface area contributed by atoms with E-state index in [1.165, 1.54) is 12.1 Å². The highest BCUT2D eigenvalue weighted by Gasteiger charge is 2.13. The van der Waals surface area contributed by atoms with Crippen molar-refractivity contribution in [3.05, 3.63) is 57.2 Å². The monoisotopic (exact) mass is 544 g/mol. The number of amides is 2. The molecule has 0 atom stereocenters. The standard InChI is InChI=1S/C18H20N6O10S2/c25-17(9-35-15-3-1-11(21(27)28)7-13(15)23(31)32)19-5-6-20-18(26)10-36-16-4-2-12(22(29)30)8-14(16)24(33)34/h1-4,7-8,31-34H,5-6,9-10H2,(H,19,25)(H,20,26)/q-4. The number of benzene rings is 2. The first-order valence-electron chi connectivity index (χ1n) is 9.71. The minimum Gasteiger partial charge on any atom is -0.769 e. The molecule has 198 valence electrons. The van der Waals surface area contributed by atoms with Crippen LogP contribution in [0.1, 0.15) is 0 Å². The molecule has 0 aliphatic heterocycles. The van der Waals surface area contributed by atoms with Gasteiger partial charge < -0.3 is 41.9 Å². The number of carbonyl (C=O) groups excluding carboxylic acids is 2. The smallest absolute Gasteiger partial charge is 0.230 e. The highest BCUT2D eigenvalue weighted by Crippen LogP contribution is 2.33. The molecule has 0 spiro atoms. The maximum atomic E-state index is 12.0. The fourth-order valence-electron chi connectivity index (χ4n) is 2.59. The number of thioether (sulfide) groups is 2. The van der Waals surface area contributed by atoms with Crippen molar-refractivity contribution < 1.29 is 30.4 Å². The normalized spacial score (nSPS) is 10.6. The Morgan fingerprint density at radius 2 is 1.06 bits per heavy atom. The molecule has 0 aliphatic carbocycles. The lowest BCUT2D eigenvalue weighted by molar-refractivity contribution is -0.120. The lowest BCUT2D eigenvalue weighted by atomic mass is 10.3. The summed E-state index contributed by atoms with van der Waals surface area (Å²) >= 11 is 1.81. The molecule has 0 radical (unpaired) electrons. The summed E-state index contributed by atoms with van der Waals surface area (Å²) in [6.07, 6.45) is 0. The van der Waals surface area contributed by atoms with Crippen LogP contribution in [-0.4, -0.2) is 57.2 Å². The second kappa shape index (κ2) is 13.9. The van der Waals surface area contributed by atoms with Gasteiger partial charge in [-0.05, 0) is 36.4 Å². The first-order chi connectivity index (χ1) is 17.0. The van der Waals surface area contributed by atoms with Gasteiger partial charge in [0.2, 0.25) is 11.8 Å². The summed E-state index contributed by atoms with van der Waals surface area (Å²) in [4.78, 5) is 24.4. The molecule has 0 aromatic heterocycles. The average Bonchev–Trinajstić information content (AvgIpc) is 2.83. The predicted octanol–water partition coefficient (Wildman–Crippen LogP) is 1.58. The Hall–Kier alpha value is -3.04. The van der Waals surface area contributed by atoms with Gasteiger partial charge in [-0.2, -0.15) is 0 Å². The van der Waals surface area contributed by atoms with E-state index in [1.54, 1.807) is 0 Å². The summed E-state index contributed by atoms with van der Waals surface area (Å²) in [5.74, 6) is -1.19. The molecule has 0 aliphatic rings. The summed E-state index contributed by atoms with van der Waals surface area (Å²) in [6, 6.07) is 6.72. The van der Waals surface area contributed by atoms with Crippen LogP contribution in [0.4, 0.5) is 22.7 Å². The van der Waals surface area contributed by atoms with E-state index in [4.69, 9.17) is 0 Å². The second-order valence-electron chi connectivity index (χ2n) is 6.67. The average molecular weight is 545 g/mol. The predicted molar refractivity (Wildman–Crippen MR) is 131 cm³/mol. The van der Waals surface area contributed by atoms with Gasteiger partial charge in [-0.15, -0.1) is 34.0 Å². The van der Waals surface area contributed by atoms with E-state index in [2.05, 4.69) is 10.6 Å². The molecule has 2 aromatic rings. The molecule has 2 aromatic carbocycles. The van der Waals surface area contributed by atoms with Gasteiger partial charge >= 0.3 is 0 Å². The molecule has 0 saturated heterocycles. The summed E-state index contributed by atoms with van der Waals surface area (Å²) in [5.41, 5.74) is -1.27. The van der Waals surface area contributed by atoms with Gasteiger partial charge in [-0.25, -0.2) is 0 Å². The topological polar surface area (TPSA) is 244 Å². The molecule has 0 fully saturated rings. The molecule has 36 heavy (non-hydrogen) atoms. The van der Waals surface area contributed by atoms with Crippen molar-refractivity contribution in [3.63, 3.8) is 0 Å². The Morgan fingerprint density at radius 1 is 0.694 bits per heavy atom. The van der Waals surface area contributed by atoms with Crippen molar-refractivity contribution in [3.8, 4) is 0 Å². The molecule has 2 amide bonds. The first kappa shape index (κ1) is 29.2. The van der Waals surface area contributed by atoms with Gasteiger partial charge in [0.1, 0.15) is 11.4 Å². The van der Waals surface area contributed by atoms with Crippen LogP contribution in [0, 0.1) is 20.8 Å². The van der Waals surface area contributed by atoms with Crippen molar-refractivity contribution in [1.82, 2.24) is 10.6 Å². The van der Waals surface area contributed by atoms with E-state index in [9.17, 15) is 51.2 Å². The SMILES string of the molecule is O=C(CSc1ccc(N([O-])[O-])cc1N(O)O)NCCNC(=O)CSc1ccc(N([O-])[O-])cc1N(O)O. The summed E-state index contributed by atoms with van der Waals surface area (Å²) < 4.78 is 0. The molecule has 0 bridgehead atoms. The molecular formula is C18H20N6O10S2-4. The Labute approximate surface area is 211 Å². The highest BCUT2D eigenvalue weighted by atomic mass is 32.2. The number of rotatable bonds is 13. The Kier molecular flexibility index (Phi) is 11.3. The van der Waals surface area contributed by atoms with Gasteiger partial charge in [-0.3, -0.25) is 30.4 Å².